The van der Waals surface area contributed by atoms with Crippen LogP contribution in [0.25, 0.3) is 0 Å². The molecule has 0 spiro atoms. The van der Waals surface area contributed by atoms with Crippen LogP contribution < -0.4 is 5.43 Å². The van der Waals surface area contributed by atoms with Crippen LogP contribution in [0.3, 0.4) is 0 Å². The van der Waals surface area contributed by atoms with Crippen LogP contribution >= 0.6 is 0 Å². The normalized spacial score (nSPS) is 15.9. The van der Waals surface area contributed by atoms with Crippen molar-refractivity contribution in [3.05, 3.63) is 65.5 Å². The van der Waals surface area contributed by atoms with Crippen LogP contribution in [0.2, 0.25) is 0 Å². The minimum atomic E-state index is -0.194. The van der Waals surface area contributed by atoms with Crippen molar-refractivity contribution in [2.75, 3.05) is 31.7 Å². The highest BCUT2D eigenvalue weighted by Gasteiger charge is 2.13. The molecule has 120 valence electrons. The summed E-state index contributed by atoms with van der Waals surface area (Å²) in [6.45, 7) is 3.76. The highest BCUT2D eigenvalue weighted by Crippen LogP contribution is 2.13. The number of nitrogens with zero attached hydrogens (tertiary/aromatic N) is 2. The highest BCUT2D eigenvalue weighted by molar-refractivity contribution is 5.80. The van der Waals surface area contributed by atoms with E-state index < -0.39 is 0 Å². The molecule has 23 heavy (non-hydrogen) atoms. The fourth-order valence-electron chi connectivity index (χ4n) is 2.47. The summed E-state index contributed by atoms with van der Waals surface area (Å²) in [7, 11) is 0. The summed E-state index contributed by atoms with van der Waals surface area (Å²) in [6.07, 6.45) is 1.62. The lowest BCUT2D eigenvalue weighted by Crippen LogP contribution is -2.35. The van der Waals surface area contributed by atoms with Gasteiger partial charge in [0.15, 0.2) is 0 Å². The topological polar surface area (TPSA) is 36.9 Å². The van der Waals surface area contributed by atoms with Gasteiger partial charge in [0.1, 0.15) is 5.82 Å². The number of hydrazone groups is 1. The van der Waals surface area contributed by atoms with Crippen molar-refractivity contribution in [2.45, 2.75) is 6.54 Å². The van der Waals surface area contributed by atoms with E-state index in [-0.39, 0.29) is 5.82 Å². The number of benzene rings is 2. The van der Waals surface area contributed by atoms with Crippen molar-refractivity contribution in [2.24, 2.45) is 5.10 Å². The van der Waals surface area contributed by atoms with Gasteiger partial charge in [0.25, 0.3) is 0 Å². The van der Waals surface area contributed by atoms with E-state index in [0.717, 1.165) is 37.6 Å². The quantitative estimate of drug-likeness (QED) is 0.681. The number of morpholine rings is 1. The van der Waals surface area contributed by atoms with Crippen molar-refractivity contribution in [3.8, 4) is 0 Å². The van der Waals surface area contributed by atoms with Gasteiger partial charge in [0.05, 0.1) is 25.1 Å². The third kappa shape index (κ3) is 4.61. The Bertz CT molecular complexity index is 655. The van der Waals surface area contributed by atoms with Crippen molar-refractivity contribution >= 4 is 11.9 Å². The molecule has 1 saturated heterocycles. The predicted octanol–water partition coefficient (Wildman–Crippen LogP) is 3.10. The lowest BCUT2D eigenvalue weighted by Gasteiger charge is -2.26. The van der Waals surface area contributed by atoms with E-state index in [9.17, 15) is 4.39 Å². The van der Waals surface area contributed by atoms with Crippen LogP contribution in [0, 0.1) is 5.82 Å². The van der Waals surface area contributed by atoms with Crippen molar-refractivity contribution in [3.63, 3.8) is 0 Å². The summed E-state index contributed by atoms with van der Waals surface area (Å²) in [6, 6.07) is 14.9. The fraction of sp³-hybridized carbons (Fsp3) is 0.278. The number of anilines is 1. The summed E-state index contributed by atoms with van der Waals surface area (Å²) in [5.74, 6) is -0.194. The minimum absolute atomic E-state index is 0.194. The first-order chi connectivity index (χ1) is 11.3. The van der Waals surface area contributed by atoms with E-state index in [2.05, 4.69) is 15.4 Å². The second-order valence-electron chi connectivity index (χ2n) is 5.48. The number of halogens is 1. The molecule has 0 bridgehead atoms. The molecule has 0 amide bonds. The van der Waals surface area contributed by atoms with Crippen LogP contribution in [0.4, 0.5) is 10.1 Å². The Balaban J connectivity index is 1.59. The molecule has 1 aliphatic heterocycles. The van der Waals surface area contributed by atoms with E-state index in [1.807, 2.05) is 42.5 Å². The average molecular weight is 313 g/mol. The predicted molar refractivity (Wildman–Crippen MR) is 90.2 cm³/mol. The van der Waals surface area contributed by atoms with Gasteiger partial charge in [-0.15, -0.1) is 0 Å². The second-order valence-corrected chi connectivity index (χ2v) is 5.48. The third-order valence-electron chi connectivity index (χ3n) is 3.76. The molecule has 5 heteroatoms. The number of ether oxygens (including phenoxy) is 1. The van der Waals surface area contributed by atoms with E-state index in [0.29, 0.717) is 12.1 Å². The van der Waals surface area contributed by atoms with E-state index >= 15 is 0 Å². The molecule has 4 nitrogen and oxygen atoms in total. The van der Waals surface area contributed by atoms with Crippen LogP contribution in [0.1, 0.15) is 11.1 Å². The zero-order valence-electron chi connectivity index (χ0n) is 12.9. The van der Waals surface area contributed by atoms with Gasteiger partial charge in [-0.25, -0.2) is 4.39 Å². The Morgan fingerprint density at radius 3 is 2.65 bits per heavy atom. The highest BCUT2D eigenvalue weighted by atomic mass is 19.1. The molecule has 1 fully saturated rings. The van der Waals surface area contributed by atoms with Crippen molar-refractivity contribution in [1.29, 1.82) is 0 Å². The van der Waals surface area contributed by atoms with Crippen molar-refractivity contribution in [1.82, 2.24) is 4.90 Å². The number of para-hydroxylation sites is 1. The van der Waals surface area contributed by atoms with E-state index in [1.165, 1.54) is 6.07 Å². The van der Waals surface area contributed by atoms with Gasteiger partial charge in [-0.3, -0.25) is 10.3 Å². The molecule has 0 radical (unpaired) electrons. The van der Waals surface area contributed by atoms with Gasteiger partial charge in [0.2, 0.25) is 0 Å². The molecule has 0 saturated carbocycles. The molecule has 0 aliphatic carbocycles. The van der Waals surface area contributed by atoms with Gasteiger partial charge in [-0.05, 0) is 23.8 Å². The Labute approximate surface area is 135 Å². The summed E-state index contributed by atoms with van der Waals surface area (Å²) in [4.78, 5) is 2.20. The van der Waals surface area contributed by atoms with E-state index in [1.54, 1.807) is 6.21 Å². The maximum absolute atomic E-state index is 14.2. The second kappa shape index (κ2) is 7.85. The van der Waals surface area contributed by atoms with Gasteiger partial charge in [0, 0.05) is 25.2 Å². The molecule has 0 atom stereocenters. The van der Waals surface area contributed by atoms with Gasteiger partial charge in [-0.2, -0.15) is 5.10 Å². The zero-order chi connectivity index (χ0) is 15.9. The SMILES string of the molecule is Fc1cc(C=NNc2ccccc2)ccc1CN1CCOCC1. The molecule has 0 unspecified atom stereocenters. The minimum Gasteiger partial charge on any atom is -0.379 e. The smallest absolute Gasteiger partial charge is 0.128 e. The first kappa shape index (κ1) is 15.6. The van der Waals surface area contributed by atoms with Gasteiger partial charge in [-0.1, -0.05) is 30.3 Å². The van der Waals surface area contributed by atoms with Crippen LogP contribution in [0.15, 0.2) is 53.6 Å². The zero-order valence-corrected chi connectivity index (χ0v) is 12.9. The number of hydrogen-bond donors (Lipinski definition) is 1. The van der Waals surface area contributed by atoms with Gasteiger partial charge < -0.3 is 4.74 Å². The lowest BCUT2D eigenvalue weighted by molar-refractivity contribution is 0.0337. The van der Waals surface area contributed by atoms with Crippen LogP contribution in [0.5, 0.6) is 0 Å². The molecule has 1 N–H and O–H groups in total. The molecular weight excluding hydrogens is 293 g/mol. The Morgan fingerprint density at radius 1 is 1.13 bits per heavy atom. The first-order valence-corrected chi connectivity index (χ1v) is 7.74. The van der Waals surface area contributed by atoms with Gasteiger partial charge >= 0.3 is 0 Å². The standard InChI is InChI=1S/C18H20FN3O/c19-18-12-15(13-20-21-17-4-2-1-3-5-17)6-7-16(18)14-22-8-10-23-11-9-22/h1-7,12-13,21H,8-11,14H2. The first-order valence-electron chi connectivity index (χ1n) is 7.74. The molecule has 1 aliphatic rings. The summed E-state index contributed by atoms with van der Waals surface area (Å²) >= 11 is 0. The molecular formula is C18H20FN3O. The van der Waals surface area contributed by atoms with Crippen LogP contribution in [-0.2, 0) is 11.3 Å². The Morgan fingerprint density at radius 2 is 1.91 bits per heavy atom. The fourth-order valence-corrected chi connectivity index (χ4v) is 2.47. The Hall–Kier alpha value is -2.24. The van der Waals surface area contributed by atoms with Crippen LogP contribution in [-0.4, -0.2) is 37.4 Å². The molecule has 2 aromatic carbocycles. The molecule has 2 aromatic rings. The van der Waals surface area contributed by atoms with E-state index in [4.69, 9.17) is 4.74 Å². The van der Waals surface area contributed by atoms with Crippen molar-refractivity contribution < 1.29 is 9.13 Å². The summed E-state index contributed by atoms with van der Waals surface area (Å²) in [5, 5.41) is 4.13. The number of rotatable bonds is 5. The maximum Gasteiger partial charge on any atom is 0.128 e. The third-order valence-corrected chi connectivity index (χ3v) is 3.76. The maximum atomic E-state index is 14.2. The molecule has 1 heterocycles. The lowest BCUT2D eigenvalue weighted by atomic mass is 10.1. The average Bonchev–Trinajstić information content (AvgIpc) is 2.59. The molecule has 3 rings (SSSR count). The monoisotopic (exact) mass is 313 g/mol. The number of nitrogens with one attached hydrogen (secondary N) is 1. The Kier molecular flexibility index (Phi) is 5.34. The molecule has 0 aromatic heterocycles. The summed E-state index contributed by atoms with van der Waals surface area (Å²) < 4.78 is 19.5. The summed E-state index contributed by atoms with van der Waals surface area (Å²) in [5.41, 5.74) is 5.26. The number of hydrogen-bond acceptors (Lipinski definition) is 4. The largest absolute Gasteiger partial charge is 0.379 e.